The number of urea groups is 1. The van der Waals surface area contributed by atoms with Crippen molar-refractivity contribution in [2.45, 2.75) is 13.0 Å². The van der Waals surface area contributed by atoms with E-state index in [4.69, 9.17) is 4.74 Å². The van der Waals surface area contributed by atoms with Crippen LogP contribution in [0.2, 0.25) is 0 Å². The maximum atomic E-state index is 13.4. The summed E-state index contributed by atoms with van der Waals surface area (Å²) in [6.45, 7) is 1.85. The molecule has 2 N–H and O–H groups in total. The van der Waals surface area contributed by atoms with E-state index in [0.717, 1.165) is 11.3 Å². The maximum absolute atomic E-state index is 13.4. The number of benzene rings is 2. The highest BCUT2D eigenvalue weighted by molar-refractivity contribution is 5.89. The lowest BCUT2D eigenvalue weighted by atomic mass is 10.1. The van der Waals surface area contributed by atoms with Crippen LogP contribution in [0.3, 0.4) is 0 Å². The lowest BCUT2D eigenvalue weighted by molar-refractivity contribution is 0.249. The first-order valence-electron chi connectivity index (χ1n) is 6.56. The summed E-state index contributed by atoms with van der Waals surface area (Å²) in [6, 6.07) is 12.7. The topological polar surface area (TPSA) is 50.4 Å². The summed E-state index contributed by atoms with van der Waals surface area (Å²) in [7, 11) is 1.60. The number of para-hydroxylation sites is 1. The lowest BCUT2D eigenvalue weighted by Crippen LogP contribution is -2.31. The molecule has 0 aromatic heterocycles. The highest BCUT2D eigenvalue weighted by Gasteiger charge is 2.11. The Hall–Kier alpha value is -2.56. The van der Waals surface area contributed by atoms with E-state index in [1.165, 1.54) is 12.1 Å². The van der Waals surface area contributed by atoms with Gasteiger partial charge in [0.05, 0.1) is 18.8 Å². The van der Waals surface area contributed by atoms with Crippen molar-refractivity contribution in [1.29, 1.82) is 0 Å². The first kappa shape index (κ1) is 14.8. The SMILES string of the molecule is COc1ccc([C@H](C)NC(=O)Nc2ccccc2F)cc1. The molecule has 0 spiro atoms. The molecule has 0 saturated carbocycles. The van der Waals surface area contributed by atoms with Gasteiger partial charge in [0.25, 0.3) is 0 Å². The number of hydrogen-bond donors (Lipinski definition) is 2. The fourth-order valence-electron chi connectivity index (χ4n) is 1.89. The summed E-state index contributed by atoms with van der Waals surface area (Å²) >= 11 is 0. The van der Waals surface area contributed by atoms with Gasteiger partial charge in [-0.1, -0.05) is 24.3 Å². The van der Waals surface area contributed by atoms with Gasteiger partial charge in [-0.2, -0.15) is 0 Å². The number of carbonyl (C=O) groups is 1. The summed E-state index contributed by atoms with van der Waals surface area (Å²) in [5.41, 5.74) is 1.08. The molecule has 0 bridgehead atoms. The zero-order valence-electron chi connectivity index (χ0n) is 11.9. The van der Waals surface area contributed by atoms with Gasteiger partial charge >= 0.3 is 6.03 Å². The Morgan fingerprint density at radius 3 is 2.43 bits per heavy atom. The highest BCUT2D eigenvalue weighted by atomic mass is 19.1. The van der Waals surface area contributed by atoms with Crippen LogP contribution in [-0.4, -0.2) is 13.1 Å². The predicted octanol–water partition coefficient (Wildman–Crippen LogP) is 3.72. The molecule has 0 unspecified atom stereocenters. The van der Waals surface area contributed by atoms with E-state index in [2.05, 4.69) is 10.6 Å². The normalized spacial score (nSPS) is 11.6. The fraction of sp³-hybridized carbons (Fsp3) is 0.188. The van der Waals surface area contributed by atoms with Crippen LogP contribution in [0.1, 0.15) is 18.5 Å². The number of nitrogens with one attached hydrogen (secondary N) is 2. The van der Waals surface area contributed by atoms with Gasteiger partial charge in [-0.05, 0) is 36.8 Å². The zero-order valence-corrected chi connectivity index (χ0v) is 11.9. The van der Waals surface area contributed by atoms with Crippen molar-refractivity contribution >= 4 is 11.7 Å². The van der Waals surface area contributed by atoms with E-state index in [1.54, 1.807) is 19.2 Å². The van der Waals surface area contributed by atoms with Crippen LogP contribution in [0, 0.1) is 5.82 Å². The number of anilines is 1. The van der Waals surface area contributed by atoms with E-state index in [1.807, 2.05) is 31.2 Å². The van der Waals surface area contributed by atoms with Crippen LogP contribution in [-0.2, 0) is 0 Å². The average molecular weight is 288 g/mol. The van der Waals surface area contributed by atoms with Gasteiger partial charge in [0.2, 0.25) is 0 Å². The van der Waals surface area contributed by atoms with Crippen molar-refractivity contribution in [1.82, 2.24) is 5.32 Å². The quantitative estimate of drug-likeness (QED) is 0.901. The molecular weight excluding hydrogens is 271 g/mol. The van der Waals surface area contributed by atoms with Crippen molar-refractivity contribution in [3.05, 3.63) is 59.9 Å². The Bertz CT molecular complexity index is 614. The van der Waals surface area contributed by atoms with Crippen molar-refractivity contribution < 1.29 is 13.9 Å². The summed E-state index contributed by atoms with van der Waals surface area (Å²) in [4.78, 5) is 11.9. The minimum Gasteiger partial charge on any atom is -0.497 e. The van der Waals surface area contributed by atoms with E-state index < -0.39 is 11.8 Å². The Morgan fingerprint density at radius 2 is 1.81 bits per heavy atom. The third kappa shape index (κ3) is 3.95. The van der Waals surface area contributed by atoms with Gasteiger partial charge in [-0.3, -0.25) is 0 Å². The number of rotatable bonds is 4. The van der Waals surface area contributed by atoms with Gasteiger partial charge in [0, 0.05) is 0 Å². The Kier molecular flexibility index (Phi) is 4.77. The monoisotopic (exact) mass is 288 g/mol. The Balaban J connectivity index is 1.97. The van der Waals surface area contributed by atoms with Crippen LogP contribution in [0.15, 0.2) is 48.5 Å². The molecule has 4 nitrogen and oxygen atoms in total. The molecule has 5 heteroatoms. The van der Waals surface area contributed by atoms with Gasteiger partial charge in [-0.15, -0.1) is 0 Å². The van der Waals surface area contributed by atoms with Crippen LogP contribution in [0.25, 0.3) is 0 Å². The predicted molar refractivity (Wildman–Crippen MR) is 80.0 cm³/mol. The van der Waals surface area contributed by atoms with Crippen molar-refractivity contribution in [3.8, 4) is 5.75 Å². The summed E-state index contributed by atoms with van der Waals surface area (Å²) in [6.07, 6.45) is 0. The second kappa shape index (κ2) is 6.74. The summed E-state index contributed by atoms with van der Waals surface area (Å²) in [5, 5.41) is 5.24. The van der Waals surface area contributed by atoms with Crippen molar-refractivity contribution in [2.75, 3.05) is 12.4 Å². The van der Waals surface area contributed by atoms with Crippen LogP contribution < -0.4 is 15.4 Å². The van der Waals surface area contributed by atoms with Crippen molar-refractivity contribution in [3.63, 3.8) is 0 Å². The maximum Gasteiger partial charge on any atom is 0.319 e. The van der Waals surface area contributed by atoms with E-state index >= 15 is 0 Å². The molecule has 0 radical (unpaired) electrons. The van der Waals surface area contributed by atoms with Crippen LogP contribution in [0.4, 0.5) is 14.9 Å². The van der Waals surface area contributed by atoms with Crippen LogP contribution >= 0.6 is 0 Å². The molecule has 21 heavy (non-hydrogen) atoms. The molecule has 0 heterocycles. The van der Waals surface area contributed by atoms with Gasteiger partial charge in [0.1, 0.15) is 11.6 Å². The molecule has 1 atom stereocenters. The molecule has 2 aromatic carbocycles. The summed E-state index contributed by atoms with van der Waals surface area (Å²) < 4.78 is 18.5. The molecular formula is C16H17FN2O2. The number of amides is 2. The minimum absolute atomic E-state index is 0.150. The smallest absolute Gasteiger partial charge is 0.319 e. The molecule has 0 aliphatic rings. The zero-order chi connectivity index (χ0) is 15.2. The molecule has 0 aliphatic carbocycles. The third-order valence-corrected chi connectivity index (χ3v) is 3.09. The van der Waals surface area contributed by atoms with Gasteiger partial charge < -0.3 is 15.4 Å². The van der Waals surface area contributed by atoms with Gasteiger partial charge in [0.15, 0.2) is 0 Å². The first-order chi connectivity index (χ1) is 10.1. The van der Waals surface area contributed by atoms with Crippen LogP contribution in [0.5, 0.6) is 5.75 Å². The average Bonchev–Trinajstić information content (AvgIpc) is 2.49. The number of ether oxygens (including phenoxy) is 1. The molecule has 0 aliphatic heterocycles. The molecule has 0 fully saturated rings. The molecule has 2 amide bonds. The van der Waals surface area contributed by atoms with E-state index in [0.29, 0.717) is 0 Å². The first-order valence-corrected chi connectivity index (χ1v) is 6.56. The Morgan fingerprint density at radius 1 is 1.14 bits per heavy atom. The number of carbonyl (C=O) groups excluding carboxylic acids is 1. The molecule has 2 rings (SSSR count). The van der Waals surface area contributed by atoms with E-state index in [9.17, 15) is 9.18 Å². The molecule has 2 aromatic rings. The largest absolute Gasteiger partial charge is 0.497 e. The minimum atomic E-state index is -0.468. The number of methoxy groups -OCH3 is 1. The number of hydrogen-bond acceptors (Lipinski definition) is 2. The van der Waals surface area contributed by atoms with E-state index in [-0.39, 0.29) is 11.7 Å². The Labute approximate surface area is 122 Å². The molecule has 110 valence electrons. The second-order valence-corrected chi connectivity index (χ2v) is 4.57. The third-order valence-electron chi connectivity index (χ3n) is 3.09. The highest BCUT2D eigenvalue weighted by Crippen LogP contribution is 2.18. The molecule has 0 saturated heterocycles. The second-order valence-electron chi connectivity index (χ2n) is 4.57. The number of halogens is 1. The fourth-order valence-corrected chi connectivity index (χ4v) is 1.89. The lowest BCUT2D eigenvalue weighted by Gasteiger charge is -2.15. The standard InChI is InChI=1S/C16H17FN2O2/c1-11(12-7-9-13(21-2)10-8-12)18-16(20)19-15-6-4-3-5-14(15)17/h3-11H,1-2H3,(H2,18,19,20)/t11-/m0/s1. The summed E-state index contributed by atoms with van der Waals surface area (Å²) in [5.74, 6) is 0.284. The van der Waals surface area contributed by atoms with Gasteiger partial charge in [-0.25, -0.2) is 9.18 Å². The van der Waals surface area contributed by atoms with Crippen molar-refractivity contribution in [2.24, 2.45) is 0 Å².